The van der Waals surface area contributed by atoms with E-state index < -0.39 is 0 Å². The van der Waals surface area contributed by atoms with E-state index in [1.54, 1.807) is 33.5 Å². The zero-order chi connectivity index (χ0) is 19.2. The van der Waals surface area contributed by atoms with Crippen LogP contribution in [0.1, 0.15) is 18.4 Å². The Balaban J connectivity index is 2.05. The summed E-state index contributed by atoms with van der Waals surface area (Å²) >= 11 is 0. The molecule has 7 heteroatoms. The lowest BCUT2D eigenvalue weighted by Crippen LogP contribution is -2.55. The van der Waals surface area contributed by atoms with Crippen molar-refractivity contribution in [2.45, 2.75) is 24.8 Å². The zero-order valence-electron chi connectivity index (χ0n) is 16.4. The van der Waals surface area contributed by atoms with Gasteiger partial charge in [0, 0.05) is 25.3 Å². The quantitative estimate of drug-likeness (QED) is 0.752. The van der Waals surface area contributed by atoms with Crippen LogP contribution in [0.3, 0.4) is 0 Å². The highest BCUT2D eigenvalue weighted by atomic mass is 16.5. The lowest BCUT2D eigenvalue weighted by molar-refractivity contribution is -0.121. The predicted molar refractivity (Wildman–Crippen MR) is 99.3 cm³/mol. The molecule has 1 fully saturated rings. The van der Waals surface area contributed by atoms with Crippen LogP contribution in [-0.4, -0.2) is 71.5 Å². The van der Waals surface area contributed by atoms with Crippen molar-refractivity contribution in [1.82, 2.24) is 10.2 Å². The number of hydrogen-bond acceptors (Lipinski definition) is 6. The van der Waals surface area contributed by atoms with Gasteiger partial charge in [0.05, 0.1) is 27.8 Å². The van der Waals surface area contributed by atoms with Gasteiger partial charge in [-0.25, -0.2) is 0 Å². The van der Waals surface area contributed by atoms with Crippen molar-refractivity contribution in [2.24, 2.45) is 0 Å². The van der Waals surface area contributed by atoms with E-state index in [0.717, 1.165) is 31.6 Å². The summed E-state index contributed by atoms with van der Waals surface area (Å²) in [6.45, 7) is 2.05. The normalized spacial score (nSPS) is 16.2. The Hall–Kier alpha value is -1.99. The van der Waals surface area contributed by atoms with Gasteiger partial charge in [-0.3, -0.25) is 4.79 Å². The molecule has 146 valence electrons. The van der Waals surface area contributed by atoms with Crippen molar-refractivity contribution in [3.05, 3.63) is 17.7 Å². The number of hydrogen-bond donors (Lipinski definition) is 1. The van der Waals surface area contributed by atoms with E-state index >= 15 is 0 Å². The number of rotatable bonds is 8. The predicted octanol–water partition coefficient (Wildman–Crippen LogP) is 1.48. The summed E-state index contributed by atoms with van der Waals surface area (Å²) in [4.78, 5) is 14.7. The molecule has 0 bridgehead atoms. The fourth-order valence-corrected chi connectivity index (χ4v) is 3.28. The van der Waals surface area contributed by atoms with Crippen LogP contribution in [0, 0.1) is 0 Å². The van der Waals surface area contributed by atoms with Crippen LogP contribution in [0.2, 0.25) is 0 Å². The first-order valence-corrected chi connectivity index (χ1v) is 8.76. The molecule has 7 nitrogen and oxygen atoms in total. The second-order valence-corrected chi connectivity index (χ2v) is 6.72. The number of amides is 1. The molecule has 1 aromatic rings. The van der Waals surface area contributed by atoms with E-state index in [1.165, 1.54) is 0 Å². The minimum absolute atomic E-state index is 0.0352. The molecule has 1 saturated heterocycles. The summed E-state index contributed by atoms with van der Waals surface area (Å²) in [6, 6.07) is 3.61. The Bertz CT molecular complexity index is 587. The third kappa shape index (κ3) is 4.59. The van der Waals surface area contributed by atoms with Crippen LogP contribution in [0.4, 0.5) is 0 Å². The number of ether oxygens (including phenoxy) is 4. The highest BCUT2D eigenvalue weighted by Crippen LogP contribution is 2.38. The number of nitrogens with zero attached hydrogens (tertiary/aromatic N) is 1. The molecule has 0 spiro atoms. The van der Waals surface area contributed by atoms with Gasteiger partial charge in [-0.15, -0.1) is 0 Å². The van der Waals surface area contributed by atoms with Crippen molar-refractivity contribution < 1.29 is 23.7 Å². The van der Waals surface area contributed by atoms with E-state index in [2.05, 4.69) is 24.3 Å². The summed E-state index contributed by atoms with van der Waals surface area (Å²) < 4.78 is 21.5. The minimum Gasteiger partial charge on any atom is -0.493 e. The van der Waals surface area contributed by atoms with E-state index in [0.29, 0.717) is 23.8 Å². The molecular formula is C19H30N2O5. The van der Waals surface area contributed by atoms with Crippen molar-refractivity contribution in [3.63, 3.8) is 0 Å². The molecule has 0 atom stereocenters. The molecule has 0 unspecified atom stereocenters. The second-order valence-electron chi connectivity index (χ2n) is 6.72. The average molecular weight is 366 g/mol. The third-order valence-corrected chi connectivity index (χ3v) is 5.08. The fraction of sp³-hybridized carbons (Fsp3) is 0.632. The van der Waals surface area contributed by atoms with Gasteiger partial charge in [-0.2, -0.15) is 0 Å². The van der Waals surface area contributed by atoms with Gasteiger partial charge in [-0.1, -0.05) is 0 Å². The molecule has 0 aliphatic carbocycles. The van der Waals surface area contributed by atoms with Crippen LogP contribution in [0.15, 0.2) is 12.1 Å². The first-order valence-electron chi connectivity index (χ1n) is 8.76. The summed E-state index contributed by atoms with van der Waals surface area (Å²) in [6.07, 6.45) is 2.06. The maximum atomic E-state index is 12.5. The lowest BCUT2D eigenvalue weighted by Gasteiger charge is -2.42. The Kier molecular flexibility index (Phi) is 7.11. The topological polar surface area (TPSA) is 69.3 Å². The highest BCUT2D eigenvalue weighted by molar-refractivity contribution is 5.79. The molecule has 1 aliphatic rings. The van der Waals surface area contributed by atoms with Crippen LogP contribution >= 0.6 is 0 Å². The summed E-state index contributed by atoms with van der Waals surface area (Å²) in [5.41, 5.74) is 0.756. The van der Waals surface area contributed by atoms with Gasteiger partial charge < -0.3 is 29.2 Å². The Labute approximate surface area is 155 Å². The largest absolute Gasteiger partial charge is 0.493 e. The SMILES string of the molecule is COc1cc(CC(=O)NCC2(N(C)C)CCOCC2)cc(OC)c1OC. The fourth-order valence-electron chi connectivity index (χ4n) is 3.28. The number of carbonyl (C=O) groups is 1. The van der Waals surface area contributed by atoms with Gasteiger partial charge in [0.15, 0.2) is 11.5 Å². The smallest absolute Gasteiger partial charge is 0.224 e. The van der Waals surface area contributed by atoms with Crippen LogP contribution in [0.5, 0.6) is 17.2 Å². The average Bonchev–Trinajstić information content (AvgIpc) is 2.66. The molecular weight excluding hydrogens is 336 g/mol. The molecule has 26 heavy (non-hydrogen) atoms. The molecule has 1 aromatic carbocycles. The maximum absolute atomic E-state index is 12.5. The zero-order valence-corrected chi connectivity index (χ0v) is 16.4. The Morgan fingerprint density at radius 1 is 1.12 bits per heavy atom. The molecule has 2 rings (SSSR count). The van der Waals surface area contributed by atoms with Gasteiger partial charge in [0.25, 0.3) is 0 Å². The van der Waals surface area contributed by atoms with Crippen LogP contribution in [-0.2, 0) is 16.0 Å². The first kappa shape index (κ1) is 20.3. The Morgan fingerprint density at radius 2 is 1.69 bits per heavy atom. The monoisotopic (exact) mass is 366 g/mol. The van der Waals surface area contributed by atoms with Gasteiger partial charge >= 0.3 is 0 Å². The van der Waals surface area contributed by atoms with Gasteiger partial charge in [0.1, 0.15) is 0 Å². The number of carbonyl (C=O) groups excluding carboxylic acids is 1. The molecule has 1 aliphatic heterocycles. The lowest BCUT2D eigenvalue weighted by atomic mass is 9.88. The van der Waals surface area contributed by atoms with Crippen molar-refractivity contribution >= 4 is 5.91 Å². The molecule has 0 saturated carbocycles. The highest BCUT2D eigenvalue weighted by Gasteiger charge is 2.35. The van der Waals surface area contributed by atoms with Crippen molar-refractivity contribution in [2.75, 3.05) is 55.2 Å². The number of likely N-dealkylation sites (N-methyl/N-ethyl adjacent to an activating group) is 1. The van der Waals surface area contributed by atoms with E-state index in [1.807, 2.05) is 0 Å². The van der Waals surface area contributed by atoms with Crippen LogP contribution in [0.25, 0.3) is 0 Å². The molecule has 1 amide bonds. The number of benzene rings is 1. The first-order chi connectivity index (χ1) is 12.5. The van der Waals surface area contributed by atoms with Gasteiger partial charge in [0.2, 0.25) is 11.7 Å². The third-order valence-electron chi connectivity index (χ3n) is 5.08. The summed E-state index contributed by atoms with van der Waals surface area (Å²) in [7, 11) is 8.79. The molecule has 0 radical (unpaired) electrons. The number of methoxy groups -OCH3 is 3. The van der Waals surface area contributed by atoms with E-state index in [-0.39, 0.29) is 17.9 Å². The summed E-state index contributed by atoms with van der Waals surface area (Å²) in [5.74, 6) is 1.58. The minimum atomic E-state index is -0.0524. The second kappa shape index (κ2) is 9.09. The molecule has 0 aromatic heterocycles. The Morgan fingerprint density at radius 3 is 2.15 bits per heavy atom. The number of nitrogens with one attached hydrogen (secondary N) is 1. The van der Waals surface area contributed by atoms with E-state index in [4.69, 9.17) is 18.9 Å². The van der Waals surface area contributed by atoms with E-state index in [9.17, 15) is 4.79 Å². The van der Waals surface area contributed by atoms with Crippen molar-refractivity contribution in [3.8, 4) is 17.2 Å². The maximum Gasteiger partial charge on any atom is 0.224 e. The molecule has 1 heterocycles. The molecule has 1 N–H and O–H groups in total. The van der Waals surface area contributed by atoms with Crippen LogP contribution < -0.4 is 19.5 Å². The summed E-state index contributed by atoms with van der Waals surface area (Å²) in [5, 5.41) is 3.08. The van der Waals surface area contributed by atoms with Gasteiger partial charge in [-0.05, 0) is 44.6 Å². The standard InChI is InChI=1S/C19H30N2O5/c1-21(2)19(6-8-26-9-7-19)13-20-17(22)12-14-10-15(23-3)18(25-5)16(11-14)24-4/h10-11H,6-9,12-13H2,1-5H3,(H,20,22). The van der Waals surface area contributed by atoms with Crippen molar-refractivity contribution in [1.29, 1.82) is 0 Å².